The van der Waals surface area contributed by atoms with Gasteiger partial charge in [-0.2, -0.15) is 0 Å². The zero-order chi connectivity index (χ0) is 15.8. The Hall–Kier alpha value is -1.81. The number of nitrogens with zero attached hydrogens (tertiary/aromatic N) is 1. The zero-order valence-electron chi connectivity index (χ0n) is 13.4. The third-order valence-corrected chi connectivity index (χ3v) is 4.20. The van der Waals surface area contributed by atoms with Crippen molar-refractivity contribution < 1.29 is 9.53 Å². The lowest BCUT2D eigenvalue weighted by Crippen LogP contribution is -2.36. The molecule has 22 heavy (non-hydrogen) atoms. The van der Waals surface area contributed by atoms with Gasteiger partial charge < -0.3 is 15.0 Å². The molecule has 0 bridgehead atoms. The van der Waals surface area contributed by atoms with E-state index in [9.17, 15) is 4.79 Å². The number of nitrogens with one attached hydrogen (secondary N) is 1. The number of hydrogen-bond acceptors (Lipinski definition) is 3. The first kappa shape index (κ1) is 16.6. The van der Waals surface area contributed by atoms with E-state index in [0.717, 1.165) is 44.6 Å². The smallest absolute Gasteiger partial charge is 0.222 e. The highest BCUT2D eigenvalue weighted by atomic mass is 16.5. The molecule has 1 atom stereocenters. The van der Waals surface area contributed by atoms with Crippen molar-refractivity contribution in [2.45, 2.75) is 31.7 Å². The van der Waals surface area contributed by atoms with E-state index < -0.39 is 0 Å². The summed E-state index contributed by atoms with van der Waals surface area (Å²) in [6.45, 7) is 6.26. The van der Waals surface area contributed by atoms with Crippen molar-refractivity contribution in [2.24, 2.45) is 0 Å². The number of methoxy groups -OCH3 is 1. The Morgan fingerprint density at radius 2 is 2.18 bits per heavy atom. The van der Waals surface area contributed by atoms with E-state index >= 15 is 0 Å². The van der Waals surface area contributed by atoms with Crippen molar-refractivity contribution in [1.29, 1.82) is 0 Å². The van der Waals surface area contributed by atoms with Gasteiger partial charge in [-0.1, -0.05) is 18.2 Å². The van der Waals surface area contributed by atoms with Crippen LogP contribution in [0.5, 0.6) is 5.75 Å². The highest BCUT2D eigenvalue weighted by Gasteiger charge is 2.29. The SMILES string of the molecule is C=CCNCCC1CCC(=O)N1CCc1ccc(OC)cc1. The molecule has 1 saturated heterocycles. The van der Waals surface area contributed by atoms with Crippen LogP contribution < -0.4 is 10.1 Å². The van der Waals surface area contributed by atoms with Gasteiger partial charge in [0.2, 0.25) is 5.91 Å². The maximum absolute atomic E-state index is 12.1. The number of hydrogen-bond donors (Lipinski definition) is 1. The van der Waals surface area contributed by atoms with Gasteiger partial charge in [-0.15, -0.1) is 6.58 Å². The second-order valence-corrected chi connectivity index (χ2v) is 5.66. The molecular formula is C18H26N2O2. The van der Waals surface area contributed by atoms with Gasteiger partial charge in [0, 0.05) is 25.6 Å². The summed E-state index contributed by atoms with van der Waals surface area (Å²) < 4.78 is 5.17. The minimum absolute atomic E-state index is 0.294. The Morgan fingerprint density at radius 3 is 2.86 bits per heavy atom. The zero-order valence-corrected chi connectivity index (χ0v) is 13.4. The minimum Gasteiger partial charge on any atom is -0.497 e. The largest absolute Gasteiger partial charge is 0.497 e. The molecule has 0 aromatic heterocycles. The van der Waals surface area contributed by atoms with Gasteiger partial charge in [-0.05, 0) is 43.5 Å². The third kappa shape index (κ3) is 4.60. The minimum atomic E-state index is 0.294. The fraction of sp³-hybridized carbons (Fsp3) is 0.500. The quantitative estimate of drug-likeness (QED) is 0.562. The van der Waals surface area contributed by atoms with Crippen molar-refractivity contribution >= 4 is 5.91 Å². The summed E-state index contributed by atoms with van der Waals surface area (Å²) >= 11 is 0. The molecule has 1 fully saturated rings. The topological polar surface area (TPSA) is 41.6 Å². The number of likely N-dealkylation sites (tertiary alicyclic amines) is 1. The Labute approximate surface area is 133 Å². The summed E-state index contributed by atoms with van der Waals surface area (Å²) in [5.41, 5.74) is 1.24. The molecule has 0 aliphatic carbocycles. The van der Waals surface area contributed by atoms with E-state index in [0.29, 0.717) is 18.4 Å². The molecule has 0 spiro atoms. The second kappa shape index (κ2) is 8.59. The first-order valence-corrected chi connectivity index (χ1v) is 7.98. The Morgan fingerprint density at radius 1 is 1.41 bits per heavy atom. The number of rotatable bonds is 9. The second-order valence-electron chi connectivity index (χ2n) is 5.66. The molecule has 0 radical (unpaired) electrons. The van der Waals surface area contributed by atoms with Crippen LogP contribution in [0.3, 0.4) is 0 Å². The van der Waals surface area contributed by atoms with Crippen LogP contribution in [0.15, 0.2) is 36.9 Å². The molecule has 1 amide bonds. The maximum atomic E-state index is 12.1. The van der Waals surface area contributed by atoms with Crippen molar-refractivity contribution in [3.05, 3.63) is 42.5 Å². The van der Waals surface area contributed by atoms with Crippen LogP contribution in [0.4, 0.5) is 0 Å². The molecule has 1 aliphatic heterocycles. The normalized spacial score (nSPS) is 17.8. The first-order chi connectivity index (χ1) is 10.7. The van der Waals surface area contributed by atoms with Crippen molar-refractivity contribution in [1.82, 2.24) is 10.2 Å². The summed E-state index contributed by atoms with van der Waals surface area (Å²) in [6, 6.07) is 8.46. The van der Waals surface area contributed by atoms with Crippen LogP contribution in [0.2, 0.25) is 0 Å². The van der Waals surface area contributed by atoms with E-state index in [4.69, 9.17) is 4.74 Å². The van der Waals surface area contributed by atoms with E-state index in [-0.39, 0.29) is 0 Å². The van der Waals surface area contributed by atoms with Gasteiger partial charge in [-0.3, -0.25) is 4.79 Å². The predicted octanol–water partition coefficient (Wildman–Crippen LogP) is 2.39. The lowest BCUT2D eigenvalue weighted by Gasteiger charge is -2.25. The van der Waals surface area contributed by atoms with Crippen LogP contribution in [-0.4, -0.2) is 43.6 Å². The lowest BCUT2D eigenvalue weighted by atomic mass is 10.1. The van der Waals surface area contributed by atoms with Crippen LogP contribution in [0.25, 0.3) is 0 Å². The van der Waals surface area contributed by atoms with Gasteiger partial charge in [0.15, 0.2) is 0 Å². The van der Waals surface area contributed by atoms with Gasteiger partial charge in [0.1, 0.15) is 5.75 Å². The standard InChI is InChI=1S/C18H26N2O2/c1-3-12-19-13-10-16-6-9-18(21)20(16)14-11-15-4-7-17(22-2)8-5-15/h3-5,7-8,16,19H,1,6,9-14H2,2H3. The van der Waals surface area contributed by atoms with Gasteiger partial charge in [0.05, 0.1) is 7.11 Å². The summed E-state index contributed by atoms with van der Waals surface area (Å²) in [7, 11) is 1.67. The molecule has 1 N–H and O–H groups in total. The molecule has 1 aliphatic rings. The van der Waals surface area contributed by atoms with Crippen LogP contribution in [0.1, 0.15) is 24.8 Å². The number of ether oxygens (including phenoxy) is 1. The lowest BCUT2D eigenvalue weighted by molar-refractivity contribution is -0.129. The first-order valence-electron chi connectivity index (χ1n) is 7.98. The number of amides is 1. The van der Waals surface area contributed by atoms with E-state index in [1.54, 1.807) is 7.11 Å². The van der Waals surface area contributed by atoms with Crippen LogP contribution in [0, 0.1) is 0 Å². The molecule has 4 nitrogen and oxygen atoms in total. The van der Waals surface area contributed by atoms with Crippen LogP contribution in [-0.2, 0) is 11.2 Å². The van der Waals surface area contributed by atoms with Crippen molar-refractivity contribution in [3.8, 4) is 5.75 Å². The Kier molecular flexibility index (Phi) is 6.46. The summed E-state index contributed by atoms with van der Waals surface area (Å²) in [6.07, 6.45) is 5.45. The number of carbonyl (C=O) groups is 1. The van der Waals surface area contributed by atoms with Gasteiger partial charge in [-0.25, -0.2) is 0 Å². The molecule has 1 heterocycles. The molecule has 0 saturated carbocycles. The fourth-order valence-corrected chi connectivity index (χ4v) is 2.92. The molecular weight excluding hydrogens is 276 g/mol. The molecule has 1 unspecified atom stereocenters. The van der Waals surface area contributed by atoms with Crippen LogP contribution >= 0.6 is 0 Å². The average Bonchev–Trinajstić information content (AvgIpc) is 2.90. The monoisotopic (exact) mass is 302 g/mol. The van der Waals surface area contributed by atoms with E-state index in [1.165, 1.54) is 5.56 Å². The number of benzene rings is 1. The maximum Gasteiger partial charge on any atom is 0.222 e. The Bertz CT molecular complexity index is 484. The summed E-state index contributed by atoms with van der Waals surface area (Å²) in [5, 5.41) is 3.31. The predicted molar refractivity (Wildman–Crippen MR) is 89.1 cm³/mol. The average molecular weight is 302 g/mol. The van der Waals surface area contributed by atoms with Crippen molar-refractivity contribution in [3.63, 3.8) is 0 Å². The number of carbonyl (C=O) groups excluding carboxylic acids is 1. The molecule has 4 heteroatoms. The molecule has 1 aromatic rings. The molecule has 120 valence electrons. The fourth-order valence-electron chi connectivity index (χ4n) is 2.92. The van der Waals surface area contributed by atoms with E-state index in [1.807, 2.05) is 18.2 Å². The van der Waals surface area contributed by atoms with E-state index in [2.05, 4.69) is 28.9 Å². The van der Waals surface area contributed by atoms with Gasteiger partial charge >= 0.3 is 0 Å². The highest BCUT2D eigenvalue weighted by molar-refractivity contribution is 5.78. The molecule has 1 aromatic carbocycles. The Balaban J connectivity index is 1.82. The summed E-state index contributed by atoms with van der Waals surface area (Å²) in [4.78, 5) is 14.1. The van der Waals surface area contributed by atoms with Gasteiger partial charge in [0.25, 0.3) is 0 Å². The highest BCUT2D eigenvalue weighted by Crippen LogP contribution is 2.22. The third-order valence-electron chi connectivity index (χ3n) is 4.20. The summed E-state index contributed by atoms with van der Waals surface area (Å²) in [5.74, 6) is 1.16. The molecule has 2 rings (SSSR count). The van der Waals surface area contributed by atoms with Crippen molar-refractivity contribution in [2.75, 3.05) is 26.7 Å².